The van der Waals surface area contributed by atoms with Gasteiger partial charge in [-0.15, -0.1) is 11.3 Å². The van der Waals surface area contributed by atoms with Crippen LogP contribution in [0.5, 0.6) is 0 Å². The van der Waals surface area contributed by atoms with E-state index >= 15 is 0 Å². The molecule has 0 amide bonds. The Bertz CT molecular complexity index is 946. The molecular formula is C18H20N6S. The first-order valence-electron chi connectivity index (χ1n) is 8.91. The molecule has 0 aromatic carbocycles. The van der Waals surface area contributed by atoms with Crippen molar-refractivity contribution >= 4 is 33.2 Å². The van der Waals surface area contributed by atoms with Gasteiger partial charge in [0.15, 0.2) is 0 Å². The summed E-state index contributed by atoms with van der Waals surface area (Å²) in [7, 11) is 0. The highest BCUT2D eigenvalue weighted by molar-refractivity contribution is 7.19. The Labute approximate surface area is 149 Å². The lowest BCUT2D eigenvalue weighted by atomic mass is 9.97. The first-order chi connectivity index (χ1) is 12.3. The Hall–Kier alpha value is -2.28. The van der Waals surface area contributed by atoms with Crippen LogP contribution in [-0.4, -0.2) is 19.9 Å². The average molecular weight is 352 g/mol. The van der Waals surface area contributed by atoms with Crippen LogP contribution >= 0.6 is 11.3 Å². The molecule has 1 saturated carbocycles. The Morgan fingerprint density at radius 2 is 2.04 bits per heavy atom. The van der Waals surface area contributed by atoms with Crippen LogP contribution in [0.4, 0.5) is 11.6 Å². The highest BCUT2D eigenvalue weighted by Crippen LogP contribution is 2.43. The van der Waals surface area contributed by atoms with Crippen molar-refractivity contribution in [3.63, 3.8) is 0 Å². The summed E-state index contributed by atoms with van der Waals surface area (Å²) in [5.74, 6) is 3.64. The number of aryl methyl sites for hydroxylation is 2. The zero-order valence-electron chi connectivity index (χ0n) is 14.0. The summed E-state index contributed by atoms with van der Waals surface area (Å²) in [6.07, 6.45) is 8.93. The van der Waals surface area contributed by atoms with Crippen LogP contribution in [0, 0.1) is 0 Å². The van der Waals surface area contributed by atoms with Crippen molar-refractivity contribution in [2.24, 2.45) is 0 Å². The second kappa shape index (κ2) is 5.91. The molecule has 0 radical (unpaired) electrons. The van der Waals surface area contributed by atoms with Gasteiger partial charge in [-0.1, -0.05) is 0 Å². The van der Waals surface area contributed by atoms with Gasteiger partial charge in [-0.25, -0.2) is 19.9 Å². The van der Waals surface area contributed by atoms with E-state index in [1.165, 1.54) is 47.9 Å². The summed E-state index contributed by atoms with van der Waals surface area (Å²) >= 11 is 1.85. The number of nitrogens with two attached hydrogens (primary N) is 1. The average Bonchev–Trinajstić information content (AvgIpc) is 3.40. The number of anilines is 2. The van der Waals surface area contributed by atoms with Crippen molar-refractivity contribution in [1.29, 1.82) is 0 Å². The van der Waals surface area contributed by atoms with Gasteiger partial charge in [-0.2, -0.15) is 0 Å². The molecular weight excluding hydrogens is 332 g/mol. The first kappa shape index (κ1) is 15.0. The van der Waals surface area contributed by atoms with Crippen LogP contribution in [0.25, 0.3) is 10.2 Å². The maximum absolute atomic E-state index is 5.76. The lowest BCUT2D eigenvalue weighted by Crippen LogP contribution is -2.09. The van der Waals surface area contributed by atoms with Gasteiger partial charge in [0.05, 0.1) is 11.9 Å². The van der Waals surface area contributed by atoms with Crippen LogP contribution in [0.2, 0.25) is 0 Å². The molecule has 3 N–H and O–H groups in total. The lowest BCUT2D eigenvalue weighted by molar-refractivity contribution is 0.700. The fraction of sp³-hybridized carbons (Fsp3) is 0.444. The predicted octanol–water partition coefficient (Wildman–Crippen LogP) is 3.43. The molecule has 3 heterocycles. The van der Waals surface area contributed by atoms with Crippen LogP contribution in [0.3, 0.4) is 0 Å². The van der Waals surface area contributed by atoms with Crippen LogP contribution < -0.4 is 11.1 Å². The highest BCUT2D eigenvalue weighted by atomic mass is 32.1. The van der Waals surface area contributed by atoms with E-state index in [2.05, 4.69) is 15.3 Å². The SMILES string of the molecule is Nc1ccnc(CNc2nc(C3CC3)nc3sc4c(c23)CCCC4)n1. The zero-order valence-corrected chi connectivity index (χ0v) is 14.8. The van der Waals surface area contributed by atoms with Gasteiger partial charge in [-0.3, -0.25) is 0 Å². The Morgan fingerprint density at radius 3 is 2.88 bits per heavy atom. The quantitative estimate of drug-likeness (QED) is 0.748. The summed E-state index contributed by atoms with van der Waals surface area (Å²) in [4.78, 5) is 21.0. The first-order valence-corrected chi connectivity index (χ1v) is 9.73. The molecule has 6 nitrogen and oxygen atoms in total. The summed E-state index contributed by atoms with van der Waals surface area (Å²) in [5.41, 5.74) is 7.21. The second-order valence-corrected chi connectivity index (χ2v) is 7.93. The van der Waals surface area contributed by atoms with Crippen molar-refractivity contribution in [3.8, 4) is 0 Å². The van der Waals surface area contributed by atoms with E-state index < -0.39 is 0 Å². The molecule has 0 unspecified atom stereocenters. The molecule has 5 rings (SSSR count). The Kier molecular flexibility index (Phi) is 3.55. The summed E-state index contributed by atoms with van der Waals surface area (Å²) in [6, 6.07) is 1.70. The van der Waals surface area contributed by atoms with Crippen molar-refractivity contribution in [3.05, 3.63) is 34.4 Å². The maximum Gasteiger partial charge on any atom is 0.149 e. The third-order valence-corrected chi connectivity index (χ3v) is 6.10. The normalized spacial score (nSPS) is 16.8. The van der Waals surface area contributed by atoms with E-state index in [1.54, 1.807) is 12.3 Å². The number of fused-ring (bicyclic) bond motifs is 3. The van der Waals surface area contributed by atoms with E-state index in [9.17, 15) is 0 Å². The topological polar surface area (TPSA) is 89.6 Å². The summed E-state index contributed by atoms with van der Waals surface area (Å²) in [6.45, 7) is 0.520. The number of rotatable bonds is 4. The van der Waals surface area contributed by atoms with Crippen LogP contribution in [0.1, 0.15) is 53.7 Å². The van der Waals surface area contributed by atoms with Gasteiger partial charge in [0.1, 0.15) is 28.1 Å². The largest absolute Gasteiger partial charge is 0.384 e. The number of nitrogens with one attached hydrogen (secondary N) is 1. The second-order valence-electron chi connectivity index (χ2n) is 6.85. The molecule has 7 heteroatoms. The predicted molar refractivity (Wildman–Crippen MR) is 99.8 cm³/mol. The van der Waals surface area contributed by atoms with Gasteiger partial charge >= 0.3 is 0 Å². The number of hydrogen-bond acceptors (Lipinski definition) is 7. The fourth-order valence-electron chi connectivity index (χ4n) is 3.49. The number of aromatic nitrogens is 4. The number of nitrogen functional groups attached to an aromatic ring is 1. The van der Waals surface area contributed by atoms with Crippen LogP contribution in [0.15, 0.2) is 12.3 Å². The highest BCUT2D eigenvalue weighted by Gasteiger charge is 2.29. The fourth-order valence-corrected chi connectivity index (χ4v) is 4.76. The lowest BCUT2D eigenvalue weighted by Gasteiger charge is -2.13. The molecule has 0 aliphatic heterocycles. The molecule has 3 aromatic rings. The molecule has 0 atom stereocenters. The van der Waals surface area contributed by atoms with E-state index in [-0.39, 0.29) is 0 Å². The minimum Gasteiger partial charge on any atom is -0.384 e. The number of thiophene rings is 1. The third kappa shape index (κ3) is 2.82. The number of nitrogens with zero attached hydrogens (tertiary/aromatic N) is 4. The molecule has 1 fully saturated rings. The minimum absolute atomic E-state index is 0.492. The molecule has 0 saturated heterocycles. The van der Waals surface area contributed by atoms with Crippen molar-refractivity contribution in [2.75, 3.05) is 11.1 Å². The maximum atomic E-state index is 5.76. The van der Waals surface area contributed by atoms with E-state index in [0.29, 0.717) is 24.1 Å². The summed E-state index contributed by atoms with van der Waals surface area (Å²) in [5, 5.41) is 4.68. The van der Waals surface area contributed by atoms with Gasteiger partial charge < -0.3 is 11.1 Å². The van der Waals surface area contributed by atoms with Crippen molar-refractivity contribution in [1.82, 2.24) is 19.9 Å². The molecule has 128 valence electrons. The van der Waals surface area contributed by atoms with E-state index in [0.717, 1.165) is 22.9 Å². The van der Waals surface area contributed by atoms with Gasteiger partial charge in [0.2, 0.25) is 0 Å². The molecule has 0 bridgehead atoms. The van der Waals surface area contributed by atoms with Gasteiger partial charge in [-0.05, 0) is 50.2 Å². The van der Waals surface area contributed by atoms with Gasteiger partial charge in [0.25, 0.3) is 0 Å². The molecule has 0 spiro atoms. The molecule has 2 aliphatic rings. The zero-order chi connectivity index (χ0) is 16.8. The minimum atomic E-state index is 0.492. The van der Waals surface area contributed by atoms with E-state index in [4.69, 9.17) is 15.7 Å². The van der Waals surface area contributed by atoms with E-state index in [1.807, 2.05) is 11.3 Å². The Balaban J connectivity index is 1.56. The monoisotopic (exact) mass is 352 g/mol. The van der Waals surface area contributed by atoms with Crippen molar-refractivity contribution in [2.45, 2.75) is 51.0 Å². The molecule has 25 heavy (non-hydrogen) atoms. The van der Waals surface area contributed by atoms with Crippen LogP contribution in [-0.2, 0) is 19.4 Å². The Morgan fingerprint density at radius 1 is 1.16 bits per heavy atom. The van der Waals surface area contributed by atoms with Crippen molar-refractivity contribution < 1.29 is 0 Å². The smallest absolute Gasteiger partial charge is 0.149 e. The standard InChI is InChI=1S/C18H20N6S/c19-13-7-8-20-14(22-13)9-21-17-15-11-3-1-2-4-12(11)25-18(15)24-16(23-17)10-5-6-10/h7-8,10H,1-6,9H2,(H2,19,20,22)(H,21,23,24). The van der Waals surface area contributed by atoms with Gasteiger partial charge in [0, 0.05) is 17.0 Å². The number of hydrogen-bond donors (Lipinski definition) is 2. The molecule has 3 aromatic heterocycles. The third-order valence-electron chi connectivity index (χ3n) is 4.92. The summed E-state index contributed by atoms with van der Waals surface area (Å²) < 4.78 is 0. The molecule has 2 aliphatic carbocycles.